The summed E-state index contributed by atoms with van der Waals surface area (Å²) >= 11 is 0. The minimum atomic E-state index is -4.44. The van der Waals surface area contributed by atoms with Crippen molar-refractivity contribution >= 4 is 11.9 Å². The van der Waals surface area contributed by atoms with Crippen LogP contribution in [-0.4, -0.2) is 23.0 Å². The smallest absolute Gasteiger partial charge is 0.416 e. The number of hydrogen-bond acceptors (Lipinski definition) is 3. The van der Waals surface area contributed by atoms with Crippen LogP contribution in [0.1, 0.15) is 24.0 Å². The standard InChI is InChI=1S/C13H15F3N2O3/c14-13(15,16)9-3-1-2-8(6-9)7-18-10(12(17)21)4-5-11(19)20/h1-3,6,10,18H,4-5,7H2,(H2,17,21)(H,19,20)/t10-/m0/s1. The normalized spacial score (nSPS) is 12.9. The average molecular weight is 304 g/mol. The molecular formula is C13H15F3N2O3. The Morgan fingerprint density at radius 1 is 1.33 bits per heavy atom. The van der Waals surface area contributed by atoms with E-state index in [9.17, 15) is 22.8 Å². The Kier molecular flexibility index (Phi) is 5.71. The van der Waals surface area contributed by atoms with Crippen molar-refractivity contribution in [1.82, 2.24) is 5.32 Å². The summed E-state index contributed by atoms with van der Waals surface area (Å²) in [7, 11) is 0. The largest absolute Gasteiger partial charge is 0.481 e. The molecule has 0 radical (unpaired) electrons. The van der Waals surface area contributed by atoms with Gasteiger partial charge in [0.05, 0.1) is 11.6 Å². The first-order chi connectivity index (χ1) is 9.70. The number of alkyl halides is 3. The molecule has 0 bridgehead atoms. The van der Waals surface area contributed by atoms with Gasteiger partial charge >= 0.3 is 12.1 Å². The van der Waals surface area contributed by atoms with Crippen LogP contribution in [-0.2, 0) is 22.3 Å². The second kappa shape index (κ2) is 7.07. The maximum absolute atomic E-state index is 12.5. The van der Waals surface area contributed by atoms with Crippen molar-refractivity contribution in [3.63, 3.8) is 0 Å². The van der Waals surface area contributed by atoms with Crippen LogP contribution in [0.25, 0.3) is 0 Å². The van der Waals surface area contributed by atoms with Crippen molar-refractivity contribution in [2.24, 2.45) is 5.73 Å². The summed E-state index contributed by atoms with van der Waals surface area (Å²) in [4.78, 5) is 21.6. The van der Waals surface area contributed by atoms with Gasteiger partial charge in [-0.15, -0.1) is 0 Å². The van der Waals surface area contributed by atoms with E-state index in [2.05, 4.69) is 5.32 Å². The molecule has 0 saturated heterocycles. The van der Waals surface area contributed by atoms with Crippen molar-refractivity contribution in [2.75, 3.05) is 0 Å². The molecule has 1 aromatic rings. The number of carbonyl (C=O) groups is 2. The summed E-state index contributed by atoms with van der Waals surface area (Å²) in [5.41, 5.74) is 4.65. The molecule has 1 atom stereocenters. The van der Waals surface area contributed by atoms with Gasteiger partial charge in [-0.25, -0.2) is 0 Å². The van der Waals surface area contributed by atoms with Crippen LogP contribution in [0.5, 0.6) is 0 Å². The number of primary amides is 1. The average Bonchev–Trinajstić information content (AvgIpc) is 2.37. The fourth-order valence-corrected chi connectivity index (χ4v) is 1.71. The molecule has 1 amide bonds. The zero-order valence-corrected chi connectivity index (χ0v) is 11.0. The first-order valence-electron chi connectivity index (χ1n) is 6.11. The van der Waals surface area contributed by atoms with E-state index < -0.39 is 29.7 Å². The van der Waals surface area contributed by atoms with E-state index in [1.165, 1.54) is 12.1 Å². The number of halogens is 3. The Labute approximate surface area is 118 Å². The highest BCUT2D eigenvalue weighted by molar-refractivity contribution is 5.80. The zero-order valence-electron chi connectivity index (χ0n) is 11.0. The van der Waals surface area contributed by atoms with E-state index in [4.69, 9.17) is 10.8 Å². The lowest BCUT2D eigenvalue weighted by Crippen LogP contribution is -2.41. The molecule has 0 aliphatic heterocycles. The van der Waals surface area contributed by atoms with Crippen LogP contribution in [0, 0.1) is 0 Å². The Bertz CT molecular complexity index is 518. The number of carbonyl (C=O) groups excluding carboxylic acids is 1. The number of amides is 1. The summed E-state index contributed by atoms with van der Waals surface area (Å²) < 4.78 is 37.6. The van der Waals surface area contributed by atoms with Gasteiger partial charge in [0.15, 0.2) is 0 Å². The van der Waals surface area contributed by atoms with Crippen molar-refractivity contribution in [3.05, 3.63) is 35.4 Å². The van der Waals surface area contributed by atoms with E-state index >= 15 is 0 Å². The number of carboxylic acids is 1. The quantitative estimate of drug-likeness (QED) is 0.712. The number of carboxylic acid groups (broad SMARTS) is 1. The molecule has 1 rings (SSSR count). The molecule has 4 N–H and O–H groups in total. The van der Waals surface area contributed by atoms with Crippen molar-refractivity contribution in [2.45, 2.75) is 31.6 Å². The molecule has 0 aliphatic carbocycles. The van der Waals surface area contributed by atoms with Gasteiger partial charge in [0, 0.05) is 13.0 Å². The Hall–Kier alpha value is -2.09. The highest BCUT2D eigenvalue weighted by Crippen LogP contribution is 2.29. The van der Waals surface area contributed by atoms with E-state index in [0.717, 1.165) is 12.1 Å². The summed E-state index contributed by atoms with van der Waals surface area (Å²) in [5.74, 6) is -1.83. The fraction of sp³-hybridized carbons (Fsp3) is 0.385. The van der Waals surface area contributed by atoms with Crippen LogP contribution in [0.15, 0.2) is 24.3 Å². The number of nitrogens with one attached hydrogen (secondary N) is 1. The van der Waals surface area contributed by atoms with E-state index in [1.54, 1.807) is 0 Å². The lowest BCUT2D eigenvalue weighted by molar-refractivity contribution is -0.138. The monoisotopic (exact) mass is 304 g/mol. The van der Waals surface area contributed by atoms with Crippen LogP contribution in [0.3, 0.4) is 0 Å². The molecule has 0 aromatic heterocycles. The molecule has 0 saturated carbocycles. The summed E-state index contributed by atoms with van der Waals surface area (Å²) in [5, 5.41) is 11.2. The van der Waals surface area contributed by atoms with Gasteiger partial charge < -0.3 is 16.2 Å². The Morgan fingerprint density at radius 3 is 2.52 bits per heavy atom. The maximum atomic E-state index is 12.5. The number of aliphatic carboxylic acids is 1. The molecule has 0 heterocycles. The Morgan fingerprint density at radius 2 is 2.00 bits per heavy atom. The van der Waals surface area contributed by atoms with Gasteiger partial charge in [-0.2, -0.15) is 13.2 Å². The molecule has 0 unspecified atom stereocenters. The number of hydrogen-bond donors (Lipinski definition) is 3. The molecule has 1 aromatic carbocycles. The van der Waals surface area contributed by atoms with Crippen LogP contribution >= 0.6 is 0 Å². The highest BCUT2D eigenvalue weighted by atomic mass is 19.4. The predicted octanol–water partition coefficient (Wildman–Crippen LogP) is 1.51. The second-order valence-electron chi connectivity index (χ2n) is 4.47. The number of benzene rings is 1. The molecular weight excluding hydrogens is 289 g/mol. The summed E-state index contributed by atoms with van der Waals surface area (Å²) in [6.07, 6.45) is -4.73. The zero-order chi connectivity index (χ0) is 16.0. The van der Waals surface area contributed by atoms with Gasteiger partial charge in [-0.1, -0.05) is 18.2 Å². The fourth-order valence-electron chi connectivity index (χ4n) is 1.71. The van der Waals surface area contributed by atoms with Crippen LogP contribution in [0.2, 0.25) is 0 Å². The van der Waals surface area contributed by atoms with Crippen LogP contribution < -0.4 is 11.1 Å². The van der Waals surface area contributed by atoms with Crippen molar-refractivity contribution in [1.29, 1.82) is 0 Å². The van der Waals surface area contributed by atoms with Gasteiger partial charge in [0.25, 0.3) is 0 Å². The van der Waals surface area contributed by atoms with Gasteiger partial charge in [0.2, 0.25) is 5.91 Å². The highest BCUT2D eigenvalue weighted by Gasteiger charge is 2.30. The van der Waals surface area contributed by atoms with Crippen molar-refractivity contribution < 1.29 is 27.9 Å². The third-order valence-corrected chi connectivity index (χ3v) is 2.80. The lowest BCUT2D eigenvalue weighted by atomic mass is 10.1. The lowest BCUT2D eigenvalue weighted by Gasteiger charge is -2.15. The molecule has 116 valence electrons. The Balaban J connectivity index is 2.67. The van der Waals surface area contributed by atoms with E-state index in [0.29, 0.717) is 5.56 Å². The SMILES string of the molecule is NC(=O)[C@H](CCC(=O)O)NCc1cccc(C(F)(F)F)c1. The summed E-state index contributed by atoms with van der Waals surface area (Å²) in [6.45, 7) is -0.0167. The molecule has 5 nitrogen and oxygen atoms in total. The molecule has 0 aliphatic rings. The minimum Gasteiger partial charge on any atom is -0.481 e. The maximum Gasteiger partial charge on any atom is 0.416 e. The molecule has 21 heavy (non-hydrogen) atoms. The van der Waals surface area contributed by atoms with Crippen LogP contribution in [0.4, 0.5) is 13.2 Å². The minimum absolute atomic E-state index is 0.0167. The van der Waals surface area contributed by atoms with Gasteiger partial charge in [0.1, 0.15) is 0 Å². The second-order valence-corrected chi connectivity index (χ2v) is 4.47. The molecule has 8 heteroatoms. The van der Waals surface area contributed by atoms with Gasteiger partial charge in [-0.05, 0) is 18.1 Å². The summed E-state index contributed by atoms with van der Waals surface area (Å²) in [6, 6.07) is 3.73. The third-order valence-electron chi connectivity index (χ3n) is 2.80. The molecule has 0 spiro atoms. The van der Waals surface area contributed by atoms with Gasteiger partial charge in [-0.3, -0.25) is 9.59 Å². The number of rotatable bonds is 7. The van der Waals surface area contributed by atoms with E-state index in [1.807, 2.05) is 0 Å². The number of nitrogens with two attached hydrogens (primary N) is 1. The first kappa shape index (κ1) is 17.0. The third kappa shape index (κ3) is 5.82. The van der Waals surface area contributed by atoms with E-state index in [-0.39, 0.29) is 19.4 Å². The topological polar surface area (TPSA) is 92.4 Å². The van der Waals surface area contributed by atoms with Crippen molar-refractivity contribution in [3.8, 4) is 0 Å². The molecule has 0 fully saturated rings. The first-order valence-corrected chi connectivity index (χ1v) is 6.11. The predicted molar refractivity (Wildman–Crippen MR) is 68.1 cm³/mol.